The Kier molecular flexibility index (Phi) is 1.98. The maximum atomic E-state index is 11.2. The van der Waals surface area contributed by atoms with Gasteiger partial charge in [-0.15, -0.1) is 0 Å². The maximum absolute atomic E-state index is 11.2. The quantitative estimate of drug-likeness (QED) is 0.580. The van der Waals surface area contributed by atoms with Gasteiger partial charge in [0.25, 0.3) is 0 Å². The summed E-state index contributed by atoms with van der Waals surface area (Å²) in [5.41, 5.74) is 2.41. The van der Waals surface area contributed by atoms with Crippen molar-refractivity contribution in [1.82, 2.24) is 5.32 Å². The van der Waals surface area contributed by atoms with E-state index in [1.54, 1.807) is 0 Å². The van der Waals surface area contributed by atoms with Gasteiger partial charge in [-0.1, -0.05) is 12.2 Å². The zero-order valence-electron chi connectivity index (χ0n) is 7.10. The van der Waals surface area contributed by atoms with Gasteiger partial charge in [0.2, 0.25) is 5.91 Å². The van der Waals surface area contributed by atoms with E-state index in [0.717, 1.165) is 31.4 Å². The average Bonchev–Trinajstić information content (AvgIpc) is 2.25. The Morgan fingerprint density at radius 2 is 2.00 bits per heavy atom. The normalized spacial score (nSPS) is 23.2. The molecule has 0 aromatic heterocycles. The highest BCUT2D eigenvalue weighted by Gasteiger charge is 2.15. The van der Waals surface area contributed by atoms with Crippen molar-refractivity contribution in [3.8, 4) is 0 Å². The molecule has 1 heterocycles. The van der Waals surface area contributed by atoms with Crippen molar-refractivity contribution >= 4 is 5.91 Å². The van der Waals surface area contributed by atoms with E-state index in [9.17, 15) is 4.79 Å². The molecule has 0 saturated carbocycles. The average molecular weight is 163 g/mol. The van der Waals surface area contributed by atoms with E-state index in [-0.39, 0.29) is 5.91 Å². The van der Waals surface area contributed by atoms with Crippen molar-refractivity contribution < 1.29 is 4.79 Å². The Labute approximate surface area is 72.3 Å². The lowest BCUT2D eigenvalue weighted by atomic mass is 10.0. The Morgan fingerprint density at radius 3 is 2.92 bits per heavy atom. The molecule has 2 heteroatoms. The van der Waals surface area contributed by atoms with Crippen LogP contribution in [0.5, 0.6) is 0 Å². The summed E-state index contributed by atoms with van der Waals surface area (Å²) in [6.45, 7) is 0. The van der Waals surface area contributed by atoms with E-state index in [1.807, 2.05) is 0 Å². The molecule has 1 saturated heterocycles. The van der Waals surface area contributed by atoms with Crippen LogP contribution in [-0.2, 0) is 4.79 Å². The van der Waals surface area contributed by atoms with E-state index < -0.39 is 0 Å². The molecule has 64 valence electrons. The van der Waals surface area contributed by atoms with Gasteiger partial charge in [0.05, 0.1) is 0 Å². The molecule has 2 rings (SSSR count). The van der Waals surface area contributed by atoms with Gasteiger partial charge in [-0.3, -0.25) is 4.79 Å². The van der Waals surface area contributed by atoms with Crippen LogP contribution >= 0.6 is 0 Å². The lowest BCUT2D eigenvalue weighted by molar-refractivity contribution is -0.120. The van der Waals surface area contributed by atoms with Gasteiger partial charge >= 0.3 is 0 Å². The van der Waals surface area contributed by atoms with Crippen LogP contribution in [0.1, 0.15) is 32.1 Å². The van der Waals surface area contributed by atoms with E-state index in [1.165, 1.54) is 5.57 Å². The van der Waals surface area contributed by atoms with Crippen LogP contribution in [0, 0.1) is 0 Å². The molecule has 0 aromatic carbocycles. The number of allylic oxidation sites excluding steroid dienone is 3. The molecular weight excluding hydrogens is 150 g/mol. The van der Waals surface area contributed by atoms with Crippen molar-refractivity contribution in [2.75, 3.05) is 0 Å². The van der Waals surface area contributed by atoms with E-state index in [0.29, 0.717) is 6.42 Å². The second kappa shape index (κ2) is 3.13. The molecule has 0 unspecified atom stereocenters. The van der Waals surface area contributed by atoms with Crippen molar-refractivity contribution in [1.29, 1.82) is 0 Å². The number of carbonyl (C=O) groups is 1. The molecule has 0 atom stereocenters. The van der Waals surface area contributed by atoms with Crippen LogP contribution in [0.25, 0.3) is 0 Å². The summed E-state index contributed by atoms with van der Waals surface area (Å²) in [6.07, 6.45) is 9.32. The highest BCUT2D eigenvalue weighted by Crippen LogP contribution is 2.24. The third-order valence-electron chi connectivity index (χ3n) is 2.38. The molecule has 1 amide bonds. The van der Waals surface area contributed by atoms with Gasteiger partial charge in [0, 0.05) is 12.1 Å². The standard InChI is InChI=1S/C10H13NO/c12-10-7-3-5-8-4-1-2-6-9(8)11-10/h4,6H,1-3,5,7H2,(H,11,12). The fraction of sp³-hybridized carbons (Fsp3) is 0.500. The Balaban J connectivity index is 2.22. The molecule has 0 aromatic rings. The Hall–Kier alpha value is -1.05. The van der Waals surface area contributed by atoms with Gasteiger partial charge < -0.3 is 5.32 Å². The Bertz CT molecular complexity index is 263. The summed E-state index contributed by atoms with van der Waals surface area (Å²) in [5.74, 6) is 0.173. The number of carbonyl (C=O) groups excluding carboxylic acids is 1. The predicted octanol–water partition coefficient (Wildman–Crippen LogP) is 1.89. The molecule has 12 heavy (non-hydrogen) atoms. The Morgan fingerprint density at radius 1 is 1.17 bits per heavy atom. The van der Waals surface area contributed by atoms with Gasteiger partial charge in [0.15, 0.2) is 0 Å². The van der Waals surface area contributed by atoms with Crippen LogP contribution in [0.3, 0.4) is 0 Å². The van der Waals surface area contributed by atoms with Crippen molar-refractivity contribution in [2.45, 2.75) is 32.1 Å². The second-order valence-electron chi connectivity index (χ2n) is 3.33. The van der Waals surface area contributed by atoms with Crippen LogP contribution in [0.15, 0.2) is 23.4 Å². The summed E-state index contributed by atoms with van der Waals surface area (Å²) in [5, 5.41) is 2.93. The lowest BCUT2D eigenvalue weighted by Gasteiger charge is -2.12. The molecule has 0 spiro atoms. The maximum Gasteiger partial charge on any atom is 0.224 e. The summed E-state index contributed by atoms with van der Waals surface area (Å²) in [6, 6.07) is 0. The fourth-order valence-corrected chi connectivity index (χ4v) is 1.75. The lowest BCUT2D eigenvalue weighted by Crippen LogP contribution is -2.21. The van der Waals surface area contributed by atoms with Crippen molar-refractivity contribution in [2.24, 2.45) is 0 Å². The zero-order chi connectivity index (χ0) is 8.39. The van der Waals surface area contributed by atoms with Crippen LogP contribution in [0.2, 0.25) is 0 Å². The van der Waals surface area contributed by atoms with Crippen LogP contribution in [0.4, 0.5) is 0 Å². The number of hydrogen-bond donors (Lipinski definition) is 1. The number of hydrogen-bond acceptors (Lipinski definition) is 1. The van der Waals surface area contributed by atoms with Crippen LogP contribution in [-0.4, -0.2) is 5.91 Å². The first-order chi connectivity index (χ1) is 5.86. The molecule has 1 fully saturated rings. The number of amides is 1. The third kappa shape index (κ3) is 1.42. The largest absolute Gasteiger partial charge is 0.326 e. The van der Waals surface area contributed by atoms with E-state index >= 15 is 0 Å². The minimum atomic E-state index is 0.173. The predicted molar refractivity (Wildman–Crippen MR) is 47.4 cm³/mol. The first-order valence-corrected chi connectivity index (χ1v) is 4.56. The molecule has 1 N–H and O–H groups in total. The second-order valence-corrected chi connectivity index (χ2v) is 3.33. The molecule has 0 radical (unpaired) electrons. The number of fused-ring (bicyclic) bond motifs is 1. The molecule has 1 aliphatic carbocycles. The monoisotopic (exact) mass is 163 g/mol. The van der Waals surface area contributed by atoms with Crippen LogP contribution < -0.4 is 5.32 Å². The minimum absolute atomic E-state index is 0.173. The molecular formula is C10H13NO. The first-order valence-electron chi connectivity index (χ1n) is 4.56. The van der Waals surface area contributed by atoms with Gasteiger partial charge in [0.1, 0.15) is 0 Å². The SMILES string of the molecule is O=C1CCCC2=CCCC=C2N1. The molecule has 1 aliphatic heterocycles. The number of nitrogens with one attached hydrogen (secondary N) is 1. The highest BCUT2D eigenvalue weighted by molar-refractivity contribution is 5.79. The molecule has 2 nitrogen and oxygen atoms in total. The zero-order valence-corrected chi connectivity index (χ0v) is 7.10. The first kappa shape index (κ1) is 7.59. The summed E-state index contributed by atoms with van der Waals surface area (Å²) in [7, 11) is 0. The van der Waals surface area contributed by atoms with Gasteiger partial charge in [-0.2, -0.15) is 0 Å². The molecule has 2 aliphatic rings. The molecule has 0 bridgehead atoms. The van der Waals surface area contributed by atoms with Crippen molar-refractivity contribution in [3.63, 3.8) is 0 Å². The summed E-state index contributed by atoms with van der Waals surface area (Å²) >= 11 is 0. The third-order valence-corrected chi connectivity index (χ3v) is 2.38. The minimum Gasteiger partial charge on any atom is -0.326 e. The van der Waals surface area contributed by atoms with Gasteiger partial charge in [-0.25, -0.2) is 0 Å². The van der Waals surface area contributed by atoms with Crippen molar-refractivity contribution in [3.05, 3.63) is 23.4 Å². The number of rotatable bonds is 0. The highest BCUT2D eigenvalue weighted by atomic mass is 16.1. The van der Waals surface area contributed by atoms with E-state index in [2.05, 4.69) is 17.5 Å². The smallest absolute Gasteiger partial charge is 0.224 e. The summed E-state index contributed by atoms with van der Waals surface area (Å²) in [4.78, 5) is 11.2. The topological polar surface area (TPSA) is 29.1 Å². The summed E-state index contributed by atoms with van der Waals surface area (Å²) < 4.78 is 0. The van der Waals surface area contributed by atoms with Gasteiger partial charge in [-0.05, 0) is 31.3 Å². The fourth-order valence-electron chi connectivity index (χ4n) is 1.75. The van der Waals surface area contributed by atoms with E-state index in [4.69, 9.17) is 0 Å².